The van der Waals surface area contributed by atoms with Crippen LogP contribution in [0.25, 0.3) is 0 Å². The van der Waals surface area contributed by atoms with Gasteiger partial charge in [-0.2, -0.15) is 0 Å². The molecule has 0 aromatic heterocycles. The molecular weight excluding hydrogens is 533 g/mol. The summed E-state index contributed by atoms with van der Waals surface area (Å²) in [4.78, 5) is 34.2. The number of hydrazine groups is 1. The van der Waals surface area contributed by atoms with Crippen molar-refractivity contribution in [2.45, 2.75) is 77.9 Å². The van der Waals surface area contributed by atoms with E-state index in [4.69, 9.17) is 16.1 Å². The first-order valence-electron chi connectivity index (χ1n) is 14.2. The van der Waals surface area contributed by atoms with Gasteiger partial charge in [0.1, 0.15) is 17.2 Å². The lowest BCUT2D eigenvalue weighted by atomic mass is 9.80. The Balaban J connectivity index is 0.00000226. The molecule has 4 rings (SSSR count). The molecule has 1 aliphatic heterocycles. The van der Waals surface area contributed by atoms with Crippen LogP contribution in [0.4, 0.5) is 0 Å². The Bertz CT molecular complexity index is 1240. The zero-order valence-corrected chi connectivity index (χ0v) is 25.9. The van der Waals surface area contributed by atoms with E-state index < -0.39 is 5.66 Å². The van der Waals surface area contributed by atoms with Gasteiger partial charge >= 0.3 is 0 Å². The Morgan fingerprint density at radius 1 is 1.12 bits per heavy atom. The fourth-order valence-electron chi connectivity index (χ4n) is 5.60. The van der Waals surface area contributed by atoms with E-state index in [1.165, 1.54) is 0 Å². The fraction of sp³-hybridized carbons (Fsp3) is 0.484. The highest BCUT2D eigenvalue weighted by Gasteiger charge is 2.51. The van der Waals surface area contributed by atoms with Crippen molar-refractivity contribution < 1.29 is 9.59 Å². The Kier molecular flexibility index (Phi) is 10.8. The summed E-state index contributed by atoms with van der Waals surface area (Å²) in [6, 6.07) is 15.3. The SMILES string of the molecule is CC1CCC2(CC1)N=C(c1ccc(P)cc1)C(=O)N2C(CCC(C)(C)C)c1ccc(C(=O)NCC(=N)N)cc1.NN. The van der Waals surface area contributed by atoms with Crippen LogP contribution in [0.5, 0.6) is 0 Å². The van der Waals surface area contributed by atoms with E-state index in [0.717, 1.165) is 55.0 Å². The molecule has 1 aliphatic carbocycles. The smallest absolute Gasteiger partial charge is 0.275 e. The van der Waals surface area contributed by atoms with Gasteiger partial charge in [0.05, 0.1) is 12.6 Å². The number of amidine groups is 1. The highest BCUT2D eigenvalue weighted by molar-refractivity contribution is 7.27. The zero-order chi connectivity index (χ0) is 30.4. The van der Waals surface area contributed by atoms with Gasteiger partial charge in [0.2, 0.25) is 0 Å². The van der Waals surface area contributed by atoms with Crippen LogP contribution in [0.3, 0.4) is 0 Å². The second-order valence-corrected chi connectivity index (χ2v) is 13.0. The van der Waals surface area contributed by atoms with Crippen molar-refractivity contribution in [1.82, 2.24) is 10.2 Å². The predicted octanol–water partition coefficient (Wildman–Crippen LogP) is 3.78. The van der Waals surface area contributed by atoms with Crippen LogP contribution >= 0.6 is 9.24 Å². The van der Waals surface area contributed by atoms with E-state index in [9.17, 15) is 9.59 Å². The van der Waals surface area contributed by atoms with Gasteiger partial charge in [0, 0.05) is 11.1 Å². The first-order chi connectivity index (χ1) is 19.4. The molecular formula is C31H46N7O2P. The molecule has 0 radical (unpaired) electrons. The van der Waals surface area contributed by atoms with Crippen molar-refractivity contribution in [2.24, 2.45) is 33.7 Å². The maximum atomic E-state index is 14.3. The number of nitrogens with one attached hydrogen (secondary N) is 2. The molecule has 1 heterocycles. The predicted molar refractivity (Wildman–Crippen MR) is 170 cm³/mol. The van der Waals surface area contributed by atoms with E-state index >= 15 is 0 Å². The number of carbonyl (C=O) groups is 2. The molecule has 8 N–H and O–H groups in total. The summed E-state index contributed by atoms with van der Waals surface area (Å²) in [6.07, 6.45) is 5.51. The summed E-state index contributed by atoms with van der Waals surface area (Å²) in [6.45, 7) is 8.97. The van der Waals surface area contributed by atoms with Crippen LogP contribution in [0.15, 0.2) is 53.5 Å². The third-order valence-corrected chi connectivity index (χ3v) is 8.31. The third kappa shape index (κ3) is 8.00. The molecule has 2 aromatic rings. The molecule has 0 bridgehead atoms. The third-order valence-electron chi connectivity index (χ3n) is 7.93. The second-order valence-electron chi connectivity index (χ2n) is 12.4. The van der Waals surface area contributed by atoms with E-state index in [1.54, 1.807) is 12.1 Å². The molecule has 2 aliphatic rings. The van der Waals surface area contributed by atoms with Gasteiger partial charge in [0.25, 0.3) is 11.8 Å². The van der Waals surface area contributed by atoms with E-state index in [1.807, 2.05) is 36.4 Å². The number of nitrogens with zero attached hydrogens (tertiary/aromatic N) is 2. The molecule has 0 saturated heterocycles. The van der Waals surface area contributed by atoms with Crippen molar-refractivity contribution in [3.05, 3.63) is 65.2 Å². The molecule has 1 saturated carbocycles. The van der Waals surface area contributed by atoms with E-state index in [-0.39, 0.29) is 35.7 Å². The van der Waals surface area contributed by atoms with Crippen molar-refractivity contribution in [1.29, 1.82) is 5.41 Å². The topological polar surface area (TPSA) is 164 Å². The summed E-state index contributed by atoms with van der Waals surface area (Å²) in [5.41, 5.74) is 7.85. The molecule has 10 heteroatoms. The molecule has 9 nitrogen and oxygen atoms in total. The van der Waals surface area contributed by atoms with Crippen LogP contribution < -0.4 is 28.0 Å². The minimum absolute atomic E-state index is 0.00975. The molecule has 2 aromatic carbocycles. The summed E-state index contributed by atoms with van der Waals surface area (Å²) >= 11 is 0. The first kappa shape index (κ1) is 32.4. The quantitative estimate of drug-likeness (QED) is 0.105. The summed E-state index contributed by atoms with van der Waals surface area (Å²) in [5, 5.41) is 11.1. The average molecular weight is 580 g/mol. The maximum Gasteiger partial charge on any atom is 0.275 e. The van der Waals surface area contributed by atoms with Gasteiger partial charge in [0.15, 0.2) is 0 Å². The monoisotopic (exact) mass is 579 g/mol. The van der Waals surface area contributed by atoms with Crippen molar-refractivity contribution in [3.8, 4) is 0 Å². The van der Waals surface area contributed by atoms with Gasteiger partial charge in [-0.15, -0.1) is 9.24 Å². The Labute approximate surface area is 246 Å². The maximum absolute atomic E-state index is 14.3. The largest absolute Gasteiger partial charge is 0.386 e. The van der Waals surface area contributed by atoms with Crippen molar-refractivity contribution in [3.63, 3.8) is 0 Å². The lowest BCUT2D eigenvalue weighted by Gasteiger charge is -2.45. The second kappa shape index (κ2) is 13.7. The number of hydrogen-bond acceptors (Lipinski definition) is 6. The Morgan fingerprint density at radius 2 is 1.71 bits per heavy atom. The molecule has 1 fully saturated rings. The molecule has 41 heavy (non-hydrogen) atoms. The van der Waals surface area contributed by atoms with Crippen LogP contribution in [-0.4, -0.2) is 40.5 Å². The van der Waals surface area contributed by atoms with Gasteiger partial charge in [-0.05, 0) is 72.9 Å². The highest BCUT2D eigenvalue weighted by atomic mass is 31.0. The number of hydrogen-bond donors (Lipinski definition) is 5. The Morgan fingerprint density at radius 3 is 2.24 bits per heavy atom. The lowest BCUT2D eigenvalue weighted by Crippen LogP contribution is -2.50. The summed E-state index contributed by atoms with van der Waals surface area (Å²) in [7, 11) is 2.69. The number of benzene rings is 2. The number of amides is 2. The van der Waals surface area contributed by atoms with Crippen molar-refractivity contribution in [2.75, 3.05) is 6.54 Å². The molecule has 1 spiro atoms. The minimum atomic E-state index is -0.557. The number of rotatable bonds is 8. The van der Waals surface area contributed by atoms with Crippen LogP contribution in [-0.2, 0) is 4.79 Å². The molecule has 2 amide bonds. The normalized spacial score (nSPS) is 21.1. The van der Waals surface area contributed by atoms with Crippen LogP contribution in [0.2, 0.25) is 0 Å². The van der Waals surface area contributed by atoms with Gasteiger partial charge < -0.3 is 16.0 Å². The number of aliphatic imine (C=N–C) groups is 1. The van der Waals surface area contributed by atoms with Gasteiger partial charge in [-0.1, -0.05) is 64.1 Å². The lowest BCUT2D eigenvalue weighted by molar-refractivity contribution is -0.133. The van der Waals surface area contributed by atoms with Crippen molar-refractivity contribution >= 4 is 37.9 Å². The summed E-state index contributed by atoms with van der Waals surface area (Å²) < 4.78 is 0. The molecule has 222 valence electrons. The van der Waals surface area contributed by atoms with Gasteiger partial charge in [-0.3, -0.25) is 31.7 Å². The first-order valence-corrected chi connectivity index (χ1v) is 14.8. The standard InChI is InChI=1S/C31H42N5O2P.H4N2/c1-20-13-17-31(18-14-20)35-27(22-9-11-24(39)12-10-22)29(38)36(31)25(15-16-30(2,3)4)21-5-7-23(8-6-21)28(37)34-19-26(32)33;1-2/h5-12,20,25H,13-19,39H2,1-4H3,(H3,32,33)(H,34,37);1-2H2. The number of nitrogens with two attached hydrogens (primary N) is 3. The van der Waals surface area contributed by atoms with Gasteiger partial charge in [-0.25, -0.2) is 0 Å². The van der Waals surface area contributed by atoms with Crippen LogP contribution in [0, 0.1) is 16.7 Å². The fourth-order valence-corrected chi connectivity index (χ4v) is 5.79. The summed E-state index contributed by atoms with van der Waals surface area (Å²) in [5.74, 6) is 8.23. The number of carbonyl (C=O) groups excluding carboxylic acids is 2. The minimum Gasteiger partial charge on any atom is -0.386 e. The van der Waals surface area contributed by atoms with E-state index in [0.29, 0.717) is 17.2 Å². The van der Waals surface area contributed by atoms with Crippen LogP contribution in [0.1, 0.15) is 93.7 Å². The average Bonchev–Trinajstić information content (AvgIpc) is 3.22. The molecule has 2 atom stereocenters. The molecule has 2 unspecified atom stereocenters. The highest BCUT2D eigenvalue weighted by Crippen LogP contribution is 2.47. The van der Waals surface area contributed by atoms with E-state index in [2.05, 4.69) is 58.8 Å². The Hall–Kier alpha value is -3.13. The zero-order valence-electron chi connectivity index (χ0n) is 24.7.